The van der Waals surface area contributed by atoms with Crippen LogP contribution in [-0.2, 0) is 4.74 Å². The molecule has 0 radical (unpaired) electrons. The number of thioether (sulfide) groups is 1. The molecular weight excluding hydrogens is 222 g/mol. The van der Waals surface area contributed by atoms with Gasteiger partial charge in [0.15, 0.2) is 0 Å². The molecule has 1 aliphatic rings. The number of halogens is 6. The molecule has 0 atom stereocenters. The molecule has 13 heavy (non-hydrogen) atoms. The van der Waals surface area contributed by atoms with Crippen LogP contribution >= 0.6 is 11.8 Å². The van der Waals surface area contributed by atoms with Crippen LogP contribution in [0.15, 0.2) is 0 Å². The molecule has 0 aliphatic carbocycles. The molecule has 0 amide bonds. The van der Waals surface area contributed by atoms with E-state index in [2.05, 4.69) is 4.74 Å². The van der Waals surface area contributed by atoms with E-state index in [1.807, 2.05) is 0 Å². The topological polar surface area (TPSA) is 9.23 Å². The first-order chi connectivity index (χ1) is 5.71. The third-order valence-electron chi connectivity index (χ3n) is 1.44. The molecule has 0 spiro atoms. The van der Waals surface area contributed by atoms with Crippen LogP contribution < -0.4 is 0 Å². The first-order valence-electron chi connectivity index (χ1n) is 3.12. The smallest absolute Gasteiger partial charge is 0.348 e. The molecule has 1 rings (SSSR count). The summed E-state index contributed by atoms with van der Waals surface area (Å²) in [6.07, 6.45) is -10.8. The van der Waals surface area contributed by atoms with Crippen molar-refractivity contribution in [3.8, 4) is 0 Å². The van der Waals surface area contributed by atoms with Gasteiger partial charge < -0.3 is 4.74 Å². The van der Waals surface area contributed by atoms with Crippen molar-refractivity contribution in [3.63, 3.8) is 0 Å². The van der Waals surface area contributed by atoms with Gasteiger partial charge in [-0.3, -0.25) is 0 Å². The Morgan fingerprint density at radius 1 is 1.00 bits per heavy atom. The highest BCUT2D eigenvalue weighted by molar-refractivity contribution is 8.00. The van der Waals surface area contributed by atoms with Crippen LogP contribution in [0.25, 0.3) is 0 Å². The van der Waals surface area contributed by atoms with Crippen LogP contribution in [0.4, 0.5) is 26.3 Å². The summed E-state index contributed by atoms with van der Waals surface area (Å²) in [7, 11) is 0. The maximum atomic E-state index is 12.0. The van der Waals surface area contributed by atoms with Gasteiger partial charge in [0.25, 0.3) is 0 Å². The van der Waals surface area contributed by atoms with Gasteiger partial charge >= 0.3 is 17.3 Å². The van der Waals surface area contributed by atoms with E-state index in [9.17, 15) is 26.3 Å². The molecule has 8 heteroatoms. The highest BCUT2D eigenvalue weighted by Gasteiger charge is 2.74. The first kappa shape index (κ1) is 11.0. The minimum absolute atomic E-state index is 0.269. The molecule has 1 fully saturated rings. The number of hydrogen-bond acceptors (Lipinski definition) is 2. The van der Waals surface area contributed by atoms with Crippen LogP contribution in [0.3, 0.4) is 0 Å². The van der Waals surface area contributed by atoms with Gasteiger partial charge in [0.2, 0.25) is 0 Å². The first-order valence-corrected chi connectivity index (χ1v) is 4.11. The molecule has 78 valence electrons. The summed E-state index contributed by atoms with van der Waals surface area (Å²) in [6, 6.07) is 0. The van der Waals surface area contributed by atoms with Crippen molar-refractivity contribution in [3.05, 3.63) is 0 Å². The van der Waals surface area contributed by atoms with Gasteiger partial charge in [0, 0.05) is 5.75 Å². The standard InChI is InChI=1S/C5H4F6OS/c6-4(7,8)3(5(9,10)11)12-1-2-13-3/h1-2H2. The third kappa shape index (κ3) is 1.61. The Labute approximate surface area is 73.4 Å². The lowest BCUT2D eigenvalue weighted by molar-refractivity contribution is -0.334. The van der Waals surface area contributed by atoms with Crippen molar-refractivity contribution < 1.29 is 31.1 Å². The predicted molar refractivity (Wildman–Crippen MR) is 33.3 cm³/mol. The van der Waals surface area contributed by atoms with E-state index in [0.29, 0.717) is 0 Å². The largest absolute Gasteiger partial charge is 0.436 e. The van der Waals surface area contributed by atoms with E-state index in [4.69, 9.17) is 0 Å². The van der Waals surface area contributed by atoms with Gasteiger partial charge in [-0.15, -0.1) is 11.8 Å². The van der Waals surface area contributed by atoms with Gasteiger partial charge in [0.1, 0.15) is 0 Å². The lowest BCUT2D eigenvalue weighted by Gasteiger charge is -2.31. The Hall–Kier alpha value is -0.110. The second kappa shape index (κ2) is 2.94. The quantitative estimate of drug-likeness (QED) is 0.587. The molecule has 1 saturated heterocycles. The normalized spacial score (nSPS) is 23.5. The Kier molecular flexibility index (Phi) is 2.48. The van der Waals surface area contributed by atoms with Crippen molar-refractivity contribution in [2.45, 2.75) is 17.3 Å². The van der Waals surface area contributed by atoms with Gasteiger partial charge in [-0.05, 0) is 0 Å². The Morgan fingerprint density at radius 3 is 1.62 bits per heavy atom. The van der Waals surface area contributed by atoms with E-state index >= 15 is 0 Å². The molecule has 0 aromatic heterocycles. The van der Waals surface area contributed by atoms with Crippen molar-refractivity contribution in [1.29, 1.82) is 0 Å². The van der Waals surface area contributed by atoms with Crippen LogP contribution in [-0.4, -0.2) is 29.6 Å². The Balaban J connectivity index is 3.02. The van der Waals surface area contributed by atoms with Crippen LogP contribution in [0.5, 0.6) is 0 Å². The monoisotopic (exact) mass is 226 g/mol. The number of alkyl halides is 6. The lowest BCUT2D eigenvalue weighted by atomic mass is 10.3. The van der Waals surface area contributed by atoms with E-state index in [1.54, 1.807) is 0 Å². The van der Waals surface area contributed by atoms with Crippen molar-refractivity contribution >= 4 is 11.8 Å². The molecule has 1 heterocycles. The summed E-state index contributed by atoms with van der Waals surface area (Å²) in [5.41, 5.74) is 0. The highest BCUT2D eigenvalue weighted by atomic mass is 32.2. The van der Waals surface area contributed by atoms with E-state index in [0.717, 1.165) is 0 Å². The highest BCUT2D eigenvalue weighted by Crippen LogP contribution is 2.55. The Morgan fingerprint density at radius 2 is 1.46 bits per heavy atom. The van der Waals surface area contributed by atoms with Crippen molar-refractivity contribution in [2.24, 2.45) is 0 Å². The molecule has 0 unspecified atom stereocenters. The van der Waals surface area contributed by atoms with E-state index < -0.39 is 23.9 Å². The maximum Gasteiger partial charge on any atom is 0.436 e. The summed E-state index contributed by atoms with van der Waals surface area (Å²) < 4.78 is 76.1. The SMILES string of the molecule is FC(F)(F)C1(C(F)(F)F)OCCS1. The average molecular weight is 226 g/mol. The van der Waals surface area contributed by atoms with Gasteiger partial charge in [0.05, 0.1) is 6.61 Å². The average Bonchev–Trinajstić information content (AvgIpc) is 2.28. The zero-order chi connectivity index (χ0) is 10.3. The summed E-state index contributed by atoms with van der Waals surface area (Å²) in [5, 5.41) is 0. The summed E-state index contributed by atoms with van der Waals surface area (Å²) >= 11 is -0.269. The van der Waals surface area contributed by atoms with Crippen molar-refractivity contribution in [1.82, 2.24) is 0 Å². The molecule has 1 nitrogen and oxygen atoms in total. The minimum Gasteiger partial charge on any atom is -0.348 e. The third-order valence-corrected chi connectivity index (χ3v) is 2.80. The molecule has 1 aliphatic heterocycles. The number of rotatable bonds is 0. The predicted octanol–water partition coefficient (Wildman–Crippen LogP) is 2.57. The summed E-state index contributed by atoms with van der Waals surface area (Å²) in [5.74, 6) is -0.307. The number of ether oxygens (including phenoxy) is 1. The van der Waals surface area contributed by atoms with Gasteiger partial charge in [-0.25, -0.2) is 0 Å². The van der Waals surface area contributed by atoms with E-state index in [-0.39, 0.29) is 17.5 Å². The van der Waals surface area contributed by atoms with Gasteiger partial charge in [-0.2, -0.15) is 26.3 Å². The Bertz CT molecular complexity index is 174. The second-order valence-corrected chi connectivity index (χ2v) is 3.58. The fourth-order valence-corrected chi connectivity index (χ4v) is 1.85. The van der Waals surface area contributed by atoms with Gasteiger partial charge in [-0.1, -0.05) is 0 Å². The van der Waals surface area contributed by atoms with E-state index in [1.165, 1.54) is 0 Å². The fourth-order valence-electron chi connectivity index (χ4n) is 0.900. The van der Waals surface area contributed by atoms with Crippen molar-refractivity contribution in [2.75, 3.05) is 12.4 Å². The molecule has 0 N–H and O–H groups in total. The molecular formula is C5H4F6OS. The zero-order valence-electron chi connectivity index (χ0n) is 6.00. The molecule has 0 bridgehead atoms. The minimum atomic E-state index is -5.42. The second-order valence-electron chi connectivity index (χ2n) is 2.31. The summed E-state index contributed by atoms with van der Waals surface area (Å²) in [6.45, 7) is -0.538. The zero-order valence-corrected chi connectivity index (χ0v) is 6.81. The van der Waals surface area contributed by atoms with Crippen LogP contribution in [0, 0.1) is 0 Å². The maximum absolute atomic E-state index is 12.0. The lowest BCUT2D eigenvalue weighted by Crippen LogP contribution is -2.53. The van der Waals surface area contributed by atoms with Crippen LogP contribution in [0.1, 0.15) is 0 Å². The summed E-state index contributed by atoms with van der Waals surface area (Å²) in [4.78, 5) is -4.01. The van der Waals surface area contributed by atoms with Crippen LogP contribution in [0.2, 0.25) is 0 Å². The number of hydrogen-bond donors (Lipinski definition) is 0. The fraction of sp³-hybridized carbons (Fsp3) is 1.00. The molecule has 0 saturated carbocycles. The molecule has 0 aromatic carbocycles. The molecule has 0 aromatic rings.